The number of halogens is 1. The van der Waals surface area contributed by atoms with Crippen LogP contribution in [0.1, 0.15) is 11.6 Å². The van der Waals surface area contributed by atoms with E-state index in [1.165, 1.54) is 0 Å². The van der Waals surface area contributed by atoms with E-state index in [0.29, 0.717) is 18.1 Å². The maximum absolute atomic E-state index is 5.92. The molecule has 2 heterocycles. The minimum absolute atomic E-state index is 0.660. The van der Waals surface area contributed by atoms with Gasteiger partial charge in [0.2, 0.25) is 0 Å². The van der Waals surface area contributed by atoms with Crippen LogP contribution in [0.2, 0.25) is 5.02 Å². The largest absolute Gasteiger partial charge is 0.468 e. The van der Waals surface area contributed by atoms with Crippen molar-refractivity contribution >= 4 is 22.6 Å². The van der Waals surface area contributed by atoms with Gasteiger partial charge < -0.3 is 14.7 Å². The van der Waals surface area contributed by atoms with Crippen molar-refractivity contribution in [3.63, 3.8) is 0 Å². The number of nitrogens with one attached hydrogen (secondary N) is 2. The molecule has 0 bridgehead atoms. The minimum Gasteiger partial charge on any atom is -0.468 e. The van der Waals surface area contributed by atoms with Gasteiger partial charge in [0, 0.05) is 5.02 Å². The maximum atomic E-state index is 5.92. The Hall–Kier alpha value is -1.78. The number of nitrogens with zero attached hydrogens (tertiary/aromatic N) is 1. The molecule has 3 aromatic rings. The lowest BCUT2D eigenvalue weighted by molar-refractivity contribution is 0.481. The lowest BCUT2D eigenvalue weighted by Crippen LogP contribution is -2.13. The first-order valence-corrected chi connectivity index (χ1v) is 6.06. The quantitative estimate of drug-likeness (QED) is 0.759. The van der Waals surface area contributed by atoms with Gasteiger partial charge in [0.25, 0.3) is 0 Å². The Bertz CT molecular complexity index is 645. The molecule has 4 nitrogen and oxygen atoms in total. The first-order valence-electron chi connectivity index (χ1n) is 5.68. The number of aromatic amines is 1. The lowest BCUT2D eigenvalue weighted by Gasteiger charge is -1.98. The van der Waals surface area contributed by atoms with Crippen molar-refractivity contribution in [3.8, 4) is 0 Å². The maximum Gasteiger partial charge on any atom is 0.121 e. The molecule has 0 radical (unpaired) electrons. The zero-order chi connectivity index (χ0) is 12.4. The summed E-state index contributed by atoms with van der Waals surface area (Å²) in [6, 6.07) is 9.43. The normalized spacial score (nSPS) is 11.2. The van der Waals surface area contributed by atoms with Gasteiger partial charge in [0.05, 0.1) is 30.4 Å². The fraction of sp³-hybridized carbons (Fsp3) is 0.154. The van der Waals surface area contributed by atoms with Gasteiger partial charge in [-0.2, -0.15) is 0 Å². The van der Waals surface area contributed by atoms with E-state index in [1.54, 1.807) is 6.26 Å². The Labute approximate surface area is 109 Å². The lowest BCUT2D eigenvalue weighted by atomic mass is 10.3. The van der Waals surface area contributed by atoms with Crippen molar-refractivity contribution in [3.05, 3.63) is 53.2 Å². The third kappa shape index (κ3) is 2.39. The Balaban J connectivity index is 1.67. The number of hydrogen-bond donors (Lipinski definition) is 2. The van der Waals surface area contributed by atoms with Crippen LogP contribution in [0, 0.1) is 0 Å². The van der Waals surface area contributed by atoms with Crippen LogP contribution in [-0.4, -0.2) is 9.97 Å². The molecule has 1 aromatic carbocycles. The molecule has 3 rings (SSSR count). The van der Waals surface area contributed by atoms with Gasteiger partial charge in [0.1, 0.15) is 11.6 Å². The van der Waals surface area contributed by atoms with E-state index in [4.69, 9.17) is 16.0 Å². The Kier molecular flexibility index (Phi) is 3.04. The van der Waals surface area contributed by atoms with E-state index in [1.807, 2.05) is 30.3 Å². The Morgan fingerprint density at radius 3 is 3.06 bits per heavy atom. The number of imidazole rings is 1. The van der Waals surface area contributed by atoms with E-state index in [2.05, 4.69) is 15.3 Å². The summed E-state index contributed by atoms with van der Waals surface area (Å²) >= 11 is 5.92. The molecule has 0 atom stereocenters. The highest BCUT2D eigenvalue weighted by molar-refractivity contribution is 6.31. The van der Waals surface area contributed by atoms with E-state index in [-0.39, 0.29) is 0 Å². The molecule has 5 heteroatoms. The fourth-order valence-electron chi connectivity index (χ4n) is 1.84. The van der Waals surface area contributed by atoms with Crippen LogP contribution >= 0.6 is 11.6 Å². The number of aromatic nitrogens is 2. The third-order valence-corrected chi connectivity index (χ3v) is 2.90. The van der Waals surface area contributed by atoms with E-state index >= 15 is 0 Å². The topological polar surface area (TPSA) is 53.9 Å². The van der Waals surface area contributed by atoms with Crippen LogP contribution in [0.3, 0.4) is 0 Å². The number of rotatable bonds is 4. The highest BCUT2D eigenvalue weighted by Crippen LogP contribution is 2.17. The number of furan rings is 1. The molecule has 0 spiro atoms. The Morgan fingerprint density at radius 1 is 1.28 bits per heavy atom. The molecule has 92 valence electrons. The average molecular weight is 262 g/mol. The van der Waals surface area contributed by atoms with Gasteiger partial charge in [-0.1, -0.05) is 11.6 Å². The number of hydrogen-bond acceptors (Lipinski definition) is 3. The number of H-pyrrole nitrogens is 1. The van der Waals surface area contributed by atoms with Crippen molar-refractivity contribution in [1.82, 2.24) is 15.3 Å². The summed E-state index contributed by atoms with van der Waals surface area (Å²) in [6.45, 7) is 1.35. The van der Waals surface area contributed by atoms with Gasteiger partial charge in [-0.3, -0.25) is 0 Å². The van der Waals surface area contributed by atoms with Gasteiger partial charge in [0.15, 0.2) is 0 Å². The van der Waals surface area contributed by atoms with Gasteiger partial charge in [-0.15, -0.1) is 0 Å². The predicted octanol–water partition coefficient (Wildman–Crippen LogP) is 3.10. The zero-order valence-corrected chi connectivity index (χ0v) is 10.4. The monoisotopic (exact) mass is 261 g/mol. The fourth-order valence-corrected chi connectivity index (χ4v) is 2.01. The van der Waals surface area contributed by atoms with Crippen LogP contribution in [-0.2, 0) is 13.1 Å². The van der Waals surface area contributed by atoms with Crippen LogP contribution < -0.4 is 5.32 Å². The average Bonchev–Trinajstić information content (AvgIpc) is 2.97. The summed E-state index contributed by atoms with van der Waals surface area (Å²) in [4.78, 5) is 7.69. The standard InChI is InChI=1S/C13H12ClN3O/c14-9-3-4-11-12(6-9)17-13(16-11)8-15-7-10-2-1-5-18-10/h1-6,15H,7-8H2,(H,16,17). The van der Waals surface area contributed by atoms with E-state index in [9.17, 15) is 0 Å². The summed E-state index contributed by atoms with van der Waals surface area (Å²) < 4.78 is 5.24. The van der Waals surface area contributed by atoms with Crippen molar-refractivity contribution in [1.29, 1.82) is 0 Å². The molecule has 0 unspecified atom stereocenters. The SMILES string of the molecule is Clc1ccc2nc(CNCc3ccco3)[nH]c2c1. The minimum atomic E-state index is 0.660. The summed E-state index contributed by atoms with van der Waals surface area (Å²) in [7, 11) is 0. The number of fused-ring (bicyclic) bond motifs is 1. The van der Waals surface area contributed by atoms with Crippen molar-refractivity contribution < 1.29 is 4.42 Å². The van der Waals surface area contributed by atoms with Crippen LogP contribution in [0.5, 0.6) is 0 Å². The molecule has 2 N–H and O–H groups in total. The second kappa shape index (κ2) is 4.84. The smallest absolute Gasteiger partial charge is 0.121 e. The molecule has 0 fully saturated rings. The highest BCUT2D eigenvalue weighted by atomic mass is 35.5. The highest BCUT2D eigenvalue weighted by Gasteiger charge is 2.03. The second-order valence-electron chi connectivity index (χ2n) is 4.03. The van der Waals surface area contributed by atoms with Crippen molar-refractivity contribution in [2.24, 2.45) is 0 Å². The summed E-state index contributed by atoms with van der Waals surface area (Å²) in [5, 5.41) is 3.97. The van der Waals surface area contributed by atoms with Crippen LogP contribution in [0.15, 0.2) is 41.0 Å². The molecule has 0 saturated carbocycles. The van der Waals surface area contributed by atoms with Crippen LogP contribution in [0.4, 0.5) is 0 Å². The number of benzene rings is 1. The zero-order valence-electron chi connectivity index (χ0n) is 9.61. The van der Waals surface area contributed by atoms with Crippen LogP contribution in [0.25, 0.3) is 11.0 Å². The summed E-state index contributed by atoms with van der Waals surface area (Å²) in [5.74, 6) is 1.80. The van der Waals surface area contributed by atoms with Gasteiger partial charge in [-0.25, -0.2) is 4.98 Å². The second-order valence-corrected chi connectivity index (χ2v) is 4.46. The van der Waals surface area contributed by atoms with Gasteiger partial charge >= 0.3 is 0 Å². The summed E-state index contributed by atoms with van der Waals surface area (Å²) in [5.41, 5.74) is 1.88. The predicted molar refractivity (Wildman–Crippen MR) is 70.4 cm³/mol. The molecule has 2 aromatic heterocycles. The molecule has 0 aliphatic rings. The van der Waals surface area contributed by atoms with Crippen molar-refractivity contribution in [2.45, 2.75) is 13.1 Å². The molecule has 0 amide bonds. The van der Waals surface area contributed by atoms with E-state index in [0.717, 1.165) is 22.6 Å². The molecule has 0 aliphatic heterocycles. The van der Waals surface area contributed by atoms with Crippen molar-refractivity contribution in [2.75, 3.05) is 0 Å². The molecular weight excluding hydrogens is 250 g/mol. The first-order chi connectivity index (χ1) is 8.81. The molecule has 0 aliphatic carbocycles. The Morgan fingerprint density at radius 2 is 2.22 bits per heavy atom. The first kappa shape index (κ1) is 11.3. The summed E-state index contributed by atoms with van der Waals surface area (Å²) in [6.07, 6.45) is 1.67. The van der Waals surface area contributed by atoms with Gasteiger partial charge in [-0.05, 0) is 30.3 Å². The molecule has 0 saturated heterocycles. The van der Waals surface area contributed by atoms with E-state index < -0.39 is 0 Å². The molecular formula is C13H12ClN3O. The molecule has 18 heavy (non-hydrogen) atoms. The third-order valence-electron chi connectivity index (χ3n) is 2.66.